The molecule has 0 aliphatic rings. The van der Waals surface area contributed by atoms with Crippen LogP contribution in [-0.4, -0.2) is 21.8 Å². The van der Waals surface area contributed by atoms with E-state index in [0.717, 1.165) is 15.9 Å². The molecule has 0 radical (unpaired) electrons. The third-order valence-corrected chi connectivity index (χ3v) is 8.58. The number of sulfone groups is 1. The number of hydrogen-bond acceptors (Lipinski definition) is 5. The van der Waals surface area contributed by atoms with E-state index in [9.17, 15) is 16.8 Å². The summed E-state index contributed by atoms with van der Waals surface area (Å²) in [6.07, 6.45) is 1.56. The van der Waals surface area contributed by atoms with E-state index in [4.69, 9.17) is 11.6 Å². The maximum atomic E-state index is 13.0. The van der Waals surface area contributed by atoms with Gasteiger partial charge in [0.2, 0.25) is 9.84 Å². The molecule has 158 valence electrons. The van der Waals surface area contributed by atoms with Crippen LogP contribution in [-0.2, 0) is 19.9 Å². The minimum Gasteiger partial charge on any atom is -0.277 e. The van der Waals surface area contributed by atoms with E-state index < -0.39 is 19.9 Å². The summed E-state index contributed by atoms with van der Waals surface area (Å²) in [5.74, 6) is 0. The van der Waals surface area contributed by atoms with Crippen molar-refractivity contribution in [3.8, 4) is 0 Å². The lowest BCUT2D eigenvalue weighted by atomic mass is 10.2. The van der Waals surface area contributed by atoms with Crippen LogP contribution in [0.3, 0.4) is 0 Å². The average molecular weight is 538 g/mol. The number of benzene rings is 3. The summed E-state index contributed by atoms with van der Waals surface area (Å²) >= 11 is 9.25. The van der Waals surface area contributed by atoms with Crippen LogP contribution >= 0.6 is 27.5 Å². The van der Waals surface area contributed by atoms with Crippen LogP contribution in [0.15, 0.2) is 98.2 Å². The predicted octanol–water partition coefficient (Wildman–Crippen LogP) is 5.28. The monoisotopic (exact) mass is 536 g/mol. The number of anilines is 1. The Hall–Kier alpha value is -2.46. The number of halogens is 2. The molecule has 31 heavy (non-hydrogen) atoms. The third-order valence-electron chi connectivity index (χ3n) is 4.51. The molecule has 0 spiro atoms. The highest BCUT2D eigenvalue weighted by atomic mass is 79.9. The number of sulfonamides is 1. The second kappa shape index (κ2) is 8.23. The Bertz CT molecular complexity index is 1510. The summed E-state index contributed by atoms with van der Waals surface area (Å²) in [6, 6.07) is 17.7. The van der Waals surface area contributed by atoms with Gasteiger partial charge in [0, 0.05) is 21.1 Å². The van der Waals surface area contributed by atoms with Crippen molar-refractivity contribution in [2.24, 2.45) is 0 Å². The zero-order chi connectivity index (χ0) is 22.2. The second-order valence-electron chi connectivity index (χ2n) is 6.53. The fourth-order valence-corrected chi connectivity index (χ4v) is 6.05. The van der Waals surface area contributed by atoms with E-state index in [-0.39, 0.29) is 20.4 Å². The van der Waals surface area contributed by atoms with Gasteiger partial charge in [0.15, 0.2) is 0 Å². The second-order valence-corrected chi connectivity index (χ2v) is 11.5. The van der Waals surface area contributed by atoms with Crippen LogP contribution in [0.1, 0.15) is 0 Å². The maximum Gasteiger partial charge on any atom is 0.262 e. The molecule has 0 fully saturated rings. The van der Waals surface area contributed by atoms with E-state index in [2.05, 4.69) is 25.6 Å². The van der Waals surface area contributed by atoms with Crippen LogP contribution < -0.4 is 4.72 Å². The van der Waals surface area contributed by atoms with E-state index in [1.54, 1.807) is 24.4 Å². The lowest BCUT2D eigenvalue weighted by Crippen LogP contribution is -2.14. The van der Waals surface area contributed by atoms with Gasteiger partial charge in [-0.05, 0) is 60.7 Å². The molecule has 6 nitrogen and oxygen atoms in total. The van der Waals surface area contributed by atoms with Crippen molar-refractivity contribution in [1.29, 1.82) is 0 Å². The predicted molar refractivity (Wildman–Crippen MR) is 124 cm³/mol. The summed E-state index contributed by atoms with van der Waals surface area (Å²) < 4.78 is 55.2. The molecule has 4 aromatic rings. The standard InChI is InChI=1S/C21H14BrClN2O4S2/c22-19-10-11-20(21-18(19)5-2-12-24-21)25-31(28,29)17-4-1-3-16(13-17)30(26,27)15-8-6-14(23)7-9-15/h1-13,25H. The first-order valence-electron chi connectivity index (χ1n) is 8.85. The summed E-state index contributed by atoms with van der Waals surface area (Å²) in [5, 5.41) is 1.14. The summed E-state index contributed by atoms with van der Waals surface area (Å²) in [7, 11) is -8.00. The molecule has 0 aliphatic heterocycles. The Labute approximate surface area is 193 Å². The fourth-order valence-electron chi connectivity index (χ4n) is 2.98. The number of nitrogens with one attached hydrogen (secondary N) is 1. The SMILES string of the molecule is O=S(=O)(Nc1ccc(Br)c2cccnc12)c1cccc(S(=O)(=O)c2ccc(Cl)cc2)c1. The Kier molecular flexibility index (Phi) is 5.78. The summed E-state index contributed by atoms with van der Waals surface area (Å²) in [5.41, 5.74) is 0.746. The first-order valence-corrected chi connectivity index (χ1v) is 13.0. The van der Waals surface area contributed by atoms with Crippen molar-refractivity contribution < 1.29 is 16.8 Å². The molecule has 1 N–H and O–H groups in total. The smallest absolute Gasteiger partial charge is 0.262 e. The van der Waals surface area contributed by atoms with Crippen molar-refractivity contribution in [3.05, 3.63) is 88.5 Å². The molecule has 0 saturated heterocycles. The van der Waals surface area contributed by atoms with Gasteiger partial charge in [0.1, 0.15) is 0 Å². The molecule has 0 bridgehead atoms. The van der Waals surface area contributed by atoms with Crippen LogP contribution in [0.4, 0.5) is 5.69 Å². The Morgan fingerprint density at radius 1 is 0.806 bits per heavy atom. The van der Waals surface area contributed by atoms with Gasteiger partial charge in [0.05, 0.1) is 25.9 Å². The fraction of sp³-hybridized carbons (Fsp3) is 0. The Balaban J connectivity index is 1.74. The van der Waals surface area contributed by atoms with Crippen molar-refractivity contribution in [1.82, 2.24) is 4.98 Å². The highest BCUT2D eigenvalue weighted by Gasteiger charge is 2.22. The van der Waals surface area contributed by atoms with Gasteiger partial charge in [-0.15, -0.1) is 0 Å². The van der Waals surface area contributed by atoms with Gasteiger partial charge < -0.3 is 0 Å². The summed E-state index contributed by atoms with van der Waals surface area (Å²) in [4.78, 5) is 3.95. The number of pyridine rings is 1. The Morgan fingerprint density at radius 3 is 2.26 bits per heavy atom. The first-order chi connectivity index (χ1) is 14.7. The van der Waals surface area contributed by atoms with Gasteiger partial charge in [-0.2, -0.15) is 0 Å². The molecule has 0 atom stereocenters. The molecule has 0 amide bonds. The molecular formula is C21H14BrClN2O4S2. The largest absolute Gasteiger partial charge is 0.277 e. The molecule has 0 aliphatic carbocycles. The number of nitrogens with zero attached hydrogens (tertiary/aromatic N) is 1. The lowest BCUT2D eigenvalue weighted by Gasteiger charge is -2.12. The molecule has 1 aromatic heterocycles. The van der Waals surface area contributed by atoms with Crippen LogP contribution in [0, 0.1) is 0 Å². The molecule has 0 saturated carbocycles. The molecular weight excluding hydrogens is 524 g/mol. The lowest BCUT2D eigenvalue weighted by molar-refractivity contribution is 0.595. The van der Waals surface area contributed by atoms with Gasteiger partial charge >= 0.3 is 0 Å². The minimum absolute atomic E-state index is 0.0162. The topological polar surface area (TPSA) is 93.2 Å². The molecule has 1 heterocycles. The number of aromatic nitrogens is 1. The van der Waals surface area contributed by atoms with Crippen molar-refractivity contribution in [3.63, 3.8) is 0 Å². The maximum absolute atomic E-state index is 13.0. The van der Waals surface area contributed by atoms with Crippen LogP contribution in [0.5, 0.6) is 0 Å². The molecule has 4 rings (SSSR count). The van der Waals surface area contributed by atoms with Gasteiger partial charge in [-0.25, -0.2) is 16.8 Å². The zero-order valence-corrected chi connectivity index (χ0v) is 19.6. The average Bonchev–Trinajstić information content (AvgIpc) is 2.76. The number of hydrogen-bond donors (Lipinski definition) is 1. The molecule has 3 aromatic carbocycles. The highest BCUT2D eigenvalue weighted by Crippen LogP contribution is 2.30. The number of rotatable bonds is 5. The van der Waals surface area contributed by atoms with E-state index in [1.165, 1.54) is 42.5 Å². The Morgan fingerprint density at radius 2 is 1.52 bits per heavy atom. The van der Waals surface area contributed by atoms with Crippen molar-refractivity contribution in [2.75, 3.05) is 4.72 Å². The minimum atomic E-state index is -4.08. The van der Waals surface area contributed by atoms with E-state index in [1.807, 2.05) is 6.07 Å². The van der Waals surface area contributed by atoms with Crippen LogP contribution in [0.2, 0.25) is 5.02 Å². The van der Waals surface area contributed by atoms with Crippen molar-refractivity contribution >= 4 is 64.0 Å². The third kappa shape index (κ3) is 4.31. The molecule has 10 heteroatoms. The number of fused-ring (bicyclic) bond motifs is 1. The molecule has 0 unspecified atom stereocenters. The van der Waals surface area contributed by atoms with E-state index >= 15 is 0 Å². The summed E-state index contributed by atoms with van der Waals surface area (Å²) in [6.45, 7) is 0. The van der Waals surface area contributed by atoms with Gasteiger partial charge in [-0.1, -0.05) is 39.7 Å². The van der Waals surface area contributed by atoms with E-state index in [0.29, 0.717) is 10.5 Å². The zero-order valence-electron chi connectivity index (χ0n) is 15.7. The first kappa shape index (κ1) is 21.8. The van der Waals surface area contributed by atoms with Gasteiger partial charge in [0.25, 0.3) is 10.0 Å². The highest BCUT2D eigenvalue weighted by molar-refractivity contribution is 9.10. The normalized spacial score (nSPS) is 12.1. The van der Waals surface area contributed by atoms with Crippen molar-refractivity contribution in [2.45, 2.75) is 14.7 Å². The quantitative estimate of drug-likeness (QED) is 0.374. The van der Waals surface area contributed by atoms with Gasteiger partial charge in [-0.3, -0.25) is 9.71 Å². The van der Waals surface area contributed by atoms with Crippen LogP contribution in [0.25, 0.3) is 10.9 Å².